The molecule has 2 aliphatic heterocycles. The molecule has 4 amide bonds. The first-order valence-corrected chi connectivity index (χ1v) is 10.8. The number of ether oxygens (including phenoxy) is 3. The Morgan fingerprint density at radius 2 is 1.85 bits per heavy atom. The van der Waals surface area contributed by atoms with Gasteiger partial charge in [0, 0.05) is 18.2 Å². The molecule has 4 rings (SSSR count). The Hall–Kier alpha value is -3.75. The van der Waals surface area contributed by atoms with E-state index < -0.39 is 23.4 Å². The molecule has 1 saturated heterocycles. The van der Waals surface area contributed by atoms with Crippen molar-refractivity contribution in [1.82, 2.24) is 10.2 Å². The molecule has 0 radical (unpaired) electrons. The second-order valence-electron chi connectivity index (χ2n) is 8.26. The SMILES string of the molecule is COc1ccc(CC[C@@]2(C)NC(=O)N(CC(=O)Nc3ccc4c(c3)OCCCO4)C2=O)cc1. The van der Waals surface area contributed by atoms with E-state index in [0.29, 0.717) is 43.2 Å². The summed E-state index contributed by atoms with van der Waals surface area (Å²) in [6.07, 6.45) is 1.77. The fourth-order valence-corrected chi connectivity index (χ4v) is 3.83. The average Bonchev–Trinajstić information content (AvgIpc) is 2.96. The number of amides is 4. The van der Waals surface area contributed by atoms with Crippen molar-refractivity contribution < 1.29 is 28.6 Å². The van der Waals surface area contributed by atoms with Crippen molar-refractivity contribution in [3.05, 3.63) is 48.0 Å². The van der Waals surface area contributed by atoms with E-state index in [-0.39, 0.29) is 6.54 Å². The molecule has 9 nitrogen and oxygen atoms in total. The number of hydrogen-bond donors (Lipinski definition) is 2. The molecule has 0 aromatic heterocycles. The van der Waals surface area contributed by atoms with Gasteiger partial charge in [-0.25, -0.2) is 4.79 Å². The van der Waals surface area contributed by atoms with Crippen LogP contribution in [0.25, 0.3) is 0 Å². The molecule has 33 heavy (non-hydrogen) atoms. The minimum absolute atomic E-state index is 0.378. The third-order valence-corrected chi connectivity index (χ3v) is 5.75. The molecule has 2 aromatic rings. The quantitative estimate of drug-likeness (QED) is 0.625. The molecule has 9 heteroatoms. The lowest BCUT2D eigenvalue weighted by Crippen LogP contribution is -2.45. The van der Waals surface area contributed by atoms with Crippen LogP contribution in [-0.4, -0.2) is 55.2 Å². The van der Waals surface area contributed by atoms with Gasteiger partial charge < -0.3 is 24.8 Å². The lowest BCUT2D eigenvalue weighted by molar-refractivity contribution is -0.133. The lowest BCUT2D eigenvalue weighted by Gasteiger charge is -2.21. The number of nitrogens with one attached hydrogen (secondary N) is 2. The number of carbonyl (C=O) groups excluding carboxylic acids is 3. The number of aryl methyl sites for hydroxylation is 1. The zero-order chi connectivity index (χ0) is 23.4. The minimum Gasteiger partial charge on any atom is -0.497 e. The molecule has 2 heterocycles. The maximum atomic E-state index is 13.0. The van der Waals surface area contributed by atoms with Gasteiger partial charge in [0.15, 0.2) is 11.5 Å². The van der Waals surface area contributed by atoms with E-state index in [1.165, 1.54) is 0 Å². The Balaban J connectivity index is 1.36. The van der Waals surface area contributed by atoms with Crippen molar-refractivity contribution >= 4 is 23.5 Å². The van der Waals surface area contributed by atoms with Crippen LogP contribution in [0.1, 0.15) is 25.3 Å². The highest BCUT2D eigenvalue weighted by atomic mass is 16.5. The number of benzene rings is 2. The molecule has 0 aliphatic carbocycles. The minimum atomic E-state index is -1.08. The largest absolute Gasteiger partial charge is 0.497 e. The van der Waals surface area contributed by atoms with Crippen molar-refractivity contribution in [2.75, 3.05) is 32.2 Å². The van der Waals surface area contributed by atoms with Gasteiger partial charge in [-0.3, -0.25) is 14.5 Å². The van der Waals surface area contributed by atoms with Crippen molar-refractivity contribution in [2.45, 2.75) is 31.7 Å². The highest BCUT2D eigenvalue weighted by molar-refractivity contribution is 6.09. The molecule has 174 valence electrons. The molecule has 1 atom stereocenters. The van der Waals surface area contributed by atoms with Gasteiger partial charge in [0.1, 0.15) is 17.8 Å². The number of fused-ring (bicyclic) bond motifs is 1. The van der Waals surface area contributed by atoms with Crippen molar-refractivity contribution in [1.29, 1.82) is 0 Å². The normalized spacial score (nSPS) is 19.6. The van der Waals surface area contributed by atoms with Gasteiger partial charge in [0.2, 0.25) is 5.91 Å². The Morgan fingerprint density at radius 3 is 2.58 bits per heavy atom. The number of urea groups is 1. The first-order chi connectivity index (χ1) is 15.9. The lowest BCUT2D eigenvalue weighted by atomic mass is 9.93. The first-order valence-electron chi connectivity index (χ1n) is 10.8. The summed E-state index contributed by atoms with van der Waals surface area (Å²) in [5, 5.41) is 5.45. The second kappa shape index (κ2) is 9.40. The van der Waals surface area contributed by atoms with E-state index in [1.807, 2.05) is 24.3 Å². The smallest absolute Gasteiger partial charge is 0.325 e. The van der Waals surface area contributed by atoms with Gasteiger partial charge in [-0.05, 0) is 49.6 Å². The number of imide groups is 1. The Kier molecular flexibility index (Phi) is 6.39. The van der Waals surface area contributed by atoms with E-state index in [9.17, 15) is 14.4 Å². The summed E-state index contributed by atoms with van der Waals surface area (Å²) in [5.74, 6) is 1.02. The zero-order valence-corrected chi connectivity index (χ0v) is 18.7. The summed E-state index contributed by atoms with van der Waals surface area (Å²) < 4.78 is 16.4. The highest BCUT2D eigenvalue weighted by Gasteiger charge is 2.47. The highest BCUT2D eigenvalue weighted by Crippen LogP contribution is 2.32. The summed E-state index contributed by atoms with van der Waals surface area (Å²) in [7, 11) is 1.60. The van der Waals surface area contributed by atoms with E-state index in [1.54, 1.807) is 32.2 Å². The van der Waals surface area contributed by atoms with E-state index in [2.05, 4.69) is 10.6 Å². The van der Waals surface area contributed by atoms with Crippen LogP contribution >= 0.6 is 0 Å². The van der Waals surface area contributed by atoms with Gasteiger partial charge >= 0.3 is 6.03 Å². The van der Waals surface area contributed by atoms with Crippen LogP contribution in [0.15, 0.2) is 42.5 Å². The maximum Gasteiger partial charge on any atom is 0.325 e. The summed E-state index contributed by atoms with van der Waals surface area (Å²) in [6.45, 7) is 2.40. The Morgan fingerprint density at radius 1 is 1.12 bits per heavy atom. The molecule has 0 bridgehead atoms. The molecule has 0 unspecified atom stereocenters. The van der Waals surface area contributed by atoms with Crippen LogP contribution in [0, 0.1) is 0 Å². The summed E-state index contributed by atoms with van der Waals surface area (Å²) in [4.78, 5) is 39.0. The summed E-state index contributed by atoms with van der Waals surface area (Å²) >= 11 is 0. The fraction of sp³-hybridized carbons (Fsp3) is 0.375. The first kappa shape index (κ1) is 22.4. The van der Waals surface area contributed by atoms with Crippen LogP contribution in [0.2, 0.25) is 0 Å². The van der Waals surface area contributed by atoms with Crippen LogP contribution in [-0.2, 0) is 16.0 Å². The van der Waals surface area contributed by atoms with E-state index in [0.717, 1.165) is 22.6 Å². The predicted octanol–water partition coefficient (Wildman–Crippen LogP) is 2.74. The topological polar surface area (TPSA) is 106 Å². The number of nitrogens with zero attached hydrogens (tertiary/aromatic N) is 1. The van der Waals surface area contributed by atoms with Crippen LogP contribution in [0.5, 0.6) is 17.2 Å². The maximum absolute atomic E-state index is 13.0. The second-order valence-corrected chi connectivity index (χ2v) is 8.26. The van der Waals surface area contributed by atoms with Gasteiger partial charge in [0.25, 0.3) is 5.91 Å². The van der Waals surface area contributed by atoms with E-state index >= 15 is 0 Å². The third kappa shape index (κ3) is 5.02. The molecule has 2 aliphatic rings. The van der Waals surface area contributed by atoms with Crippen LogP contribution in [0.3, 0.4) is 0 Å². The predicted molar refractivity (Wildman–Crippen MR) is 121 cm³/mol. The molecule has 0 saturated carbocycles. The average molecular weight is 453 g/mol. The summed E-state index contributed by atoms with van der Waals surface area (Å²) in [5.41, 5.74) is 0.440. The molecule has 0 spiro atoms. The van der Waals surface area contributed by atoms with Crippen molar-refractivity contribution in [3.8, 4) is 17.2 Å². The van der Waals surface area contributed by atoms with Crippen LogP contribution in [0.4, 0.5) is 10.5 Å². The molecular formula is C24H27N3O6. The number of carbonyl (C=O) groups is 3. The van der Waals surface area contributed by atoms with Crippen molar-refractivity contribution in [2.24, 2.45) is 0 Å². The monoisotopic (exact) mass is 453 g/mol. The number of methoxy groups -OCH3 is 1. The molecular weight excluding hydrogens is 426 g/mol. The number of anilines is 1. The standard InChI is InChI=1S/C24H27N3O6/c1-24(11-10-16-4-7-18(31-2)8-5-16)22(29)27(23(30)26-24)15-21(28)25-17-6-9-19-20(14-17)33-13-3-12-32-19/h4-9,14H,3,10-13,15H2,1-2H3,(H,25,28)(H,26,30)/t24-/m1/s1. The molecule has 2 N–H and O–H groups in total. The third-order valence-electron chi connectivity index (χ3n) is 5.75. The van der Waals surface area contributed by atoms with Gasteiger partial charge in [-0.2, -0.15) is 0 Å². The summed E-state index contributed by atoms with van der Waals surface area (Å²) in [6, 6.07) is 12.0. The van der Waals surface area contributed by atoms with Gasteiger partial charge in [0.05, 0.1) is 20.3 Å². The van der Waals surface area contributed by atoms with Gasteiger partial charge in [-0.15, -0.1) is 0 Å². The van der Waals surface area contributed by atoms with Crippen molar-refractivity contribution in [3.63, 3.8) is 0 Å². The van der Waals surface area contributed by atoms with Crippen LogP contribution < -0.4 is 24.8 Å². The van der Waals surface area contributed by atoms with Gasteiger partial charge in [-0.1, -0.05) is 12.1 Å². The van der Waals surface area contributed by atoms with E-state index in [4.69, 9.17) is 14.2 Å². The Labute approximate surface area is 192 Å². The molecule has 2 aromatic carbocycles. The number of rotatable bonds is 7. The zero-order valence-electron chi connectivity index (χ0n) is 18.7. The fourth-order valence-electron chi connectivity index (χ4n) is 3.83. The molecule has 1 fully saturated rings. The number of hydrogen-bond acceptors (Lipinski definition) is 6. The Bertz CT molecular complexity index is 1050.